The summed E-state index contributed by atoms with van der Waals surface area (Å²) in [5, 5.41) is 14.2. The molecule has 0 spiro atoms. The Morgan fingerprint density at radius 1 is 1.10 bits per heavy atom. The first-order chi connectivity index (χ1) is 19.6. The van der Waals surface area contributed by atoms with Crippen LogP contribution in [0.15, 0.2) is 47.3 Å². The van der Waals surface area contributed by atoms with Gasteiger partial charge in [0.25, 0.3) is 0 Å². The van der Waals surface area contributed by atoms with Crippen LogP contribution in [-0.4, -0.2) is 39.3 Å². The lowest BCUT2D eigenvalue weighted by Gasteiger charge is -2.22. The van der Waals surface area contributed by atoms with Crippen molar-refractivity contribution in [3.63, 3.8) is 0 Å². The molecule has 4 aromatic rings. The smallest absolute Gasteiger partial charge is 0.417 e. The summed E-state index contributed by atoms with van der Waals surface area (Å²) in [5.74, 6) is 0.670. The van der Waals surface area contributed by atoms with E-state index in [4.69, 9.17) is 27.7 Å². The number of benzene rings is 1. The Bertz CT molecular complexity index is 1720. The molecule has 1 saturated heterocycles. The van der Waals surface area contributed by atoms with Crippen LogP contribution in [0.4, 0.5) is 18.9 Å². The number of carbonyl (C=O) groups is 1. The van der Waals surface area contributed by atoms with E-state index in [1.807, 2.05) is 6.08 Å². The molecule has 1 aliphatic heterocycles. The normalized spacial score (nSPS) is 22.1. The number of allylic oxidation sites excluding steroid dienone is 1. The summed E-state index contributed by atoms with van der Waals surface area (Å²) in [4.78, 5) is 21.3. The standard InChI is InChI=1S/C29H21Cl2F3N4O3/c30-21-9-35-10-22(31)25(21)26-16(27(41-37-26)13-1-2-13)5-4-15-18-11-38(12-19(15)18)14-3-6-23-17(7-14)20(29(32,33)34)8-24(36-23)28(39)40/h3-10,13,15,18-19H,1-2,11-12H2,(H,39,40). The van der Waals surface area contributed by atoms with E-state index in [1.54, 1.807) is 6.07 Å². The number of rotatable bonds is 6. The zero-order valence-electron chi connectivity index (χ0n) is 21.2. The van der Waals surface area contributed by atoms with Crippen molar-refractivity contribution in [3.05, 3.63) is 75.4 Å². The monoisotopic (exact) mass is 600 g/mol. The number of pyridine rings is 2. The number of hydrogen-bond acceptors (Lipinski definition) is 6. The van der Waals surface area contributed by atoms with Crippen molar-refractivity contribution >= 4 is 51.8 Å². The van der Waals surface area contributed by atoms with Gasteiger partial charge in [-0.15, -0.1) is 0 Å². The maximum absolute atomic E-state index is 13.8. The number of nitrogens with zero attached hydrogens (tertiary/aromatic N) is 4. The maximum Gasteiger partial charge on any atom is 0.417 e. The highest BCUT2D eigenvalue weighted by molar-refractivity contribution is 6.39. The van der Waals surface area contributed by atoms with E-state index in [1.165, 1.54) is 24.5 Å². The van der Waals surface area contributed by atoms with Crippen molar-refractivity contribution < 1.29 is 27.6 Å². The molecule has 2 atom stereocenters. The van der Waals surface area contributed by atoms with Crippen LogP contribution in [0.3, 0.4) is 0 Å². The molecule has 1 aromatic carbocycles. The average molecular weight is 601 g/mol. The number of halogens is 5. The number of aromatic nitrogens is 3. The summed E-state index contributed by atoms with van der Waals surface area (Å²) >= 11 is 12.8. The third-order valence-electron chi connectivity index (χ3n) is 8.22. The Balaban J connectivity index is 1.12. The molecule has 12 heteroatoms. The second-order valence-corrected chi connectivity index (χ2v) is 11.6. The Morgan fingerprint density at radius 3 is 2.44 bits per heavy atom. The van der Waals surface area contributed by atoms with E-state index in [2.05, 4.69) is 26.1 Å². The predicted molar refractivity (Wildman–Crippen MR) is 147 cm³/mol. The highest BCUT2D eigenvalue weighted by Crippen LogP contribution is 2.54. The lowest BCUT2D eigenvalue weighted by Crippen LogP contribution is -2.23. The first-order valence-electron chi connectivity index (χ1n) is 13.1. The van der Waals surface area contributed by atoms with Gasteiger partial charge in [-0.25, -0.2) is 9.78 Å². The fourth-order valence-corrected chi connectivity index (χ4v) is 6.50. The molecule has 3 aliphatic rings. The van der Waals surface area contributed by atoms with Crippen molar-refractivity contribution in [1.82, 2.24) is 15.1 Å². The van der Waals surface area contributed by atoms with Gasteiger partial charge in [0, 0.05) is 53.6 Å². The van der Waals surface area contributed by atoms with Crippen LogP contribution in [0, 0.1) is 17.8 Å². The highest BCUT2D eigenvalue weighted by Gasteiger charge is 2.54. The summed E-state index contributed by atoms with van der Waals surface area (Å²) in [7, 11) is 0. The SMILES string of the molecule is O=C(O)c1cc(C(F)(F)F)c2cc(N3CC4C(C=Cc5c(-c6c(Cl)cncc6Cl)noc5C5CC5)C4C3)ccc2n1. The molecule has 2 unspecified atom stereocenters. The molecule has 4 heterocycles. The Hall–Kier alpha value is -3.63. The summed E-state index contributed by atoms with van der Waals surface area (Å²) in [6, 6.07) is 5.21. The summed E-state index contributed by atoms with van der Waals surface area (Å²) in [5.41, 5.74) is 1.05. The van der Waals surface area contributed by atoms with Crippen molar-refractivity contribution in [2.24, 2.45) is 17.8 Å². The lowest BCUT2D eigenvalue weighted by atomic mass is 10.0. The topological polar surface area (TPSA) is 92.3 Å². The largest absolute Gasteiger partial charge is 0.477 e. The molecule has 0 amide bonds. The first kappa shape index (κ1) is 26.3. The zero-order chi connectivity index (χ0) is 28.6. The number of carboxylic acid groups (broad SMARTS) is 1. The fourth-order valence-electron chi connectivity index (χ4n) is 5.96. The van der Waals surface area contributed by atoms with Gasteiger partial charge in [-0.2, -0.15) is 13.2 Å². The van der Waals surface area contributed by atoms with Gasteiger partial charge >= 0.3 is 12.1 Å². The van der Waals surface area contributed by atoms with Crippen molar-refractivity contribution in [1.29, 1.82) is 0 Å². The van der Waals surface area contributed by atoms with Gasteiger partial charge in [-0.05, 0) is 54.9 Å². The number of carboxylic acids is 1. The van der Waals surface area contributed by atoms with E-state index in [-0.39, 0.29) is 10.9 Å². The molecule has 0 bridgehead atoms. The minimum Gasteiger partial charge on any atom is -0.477 e. The van der Waals surface area contributed by atoms with Gasteiger partial charge in [0.15, 0.2) is 0 Å². The van der Waals surface area contributed by atoms with E-state index >= 15 is 0 Å². The number of alkyl halides is 3. The van der Waals surface area contributed by atoms with Crippen LogP contribution in [0.2, 0.25) is 10.0 Å². The quantitative estimate of drug-likeness (QED) is 0.244. The highest BCUT2D eigenvalue weighted by atomic mass is 35.5. The van der Waals surface area contributed by atoms with Gasteiger partial charge in [0.2, 0.25) is 0 Å². The summed E-state index contributed by atoms with van der Waals surface area (Å²) in [6.45, 7) is 1.39. The Morgan fingerprint density at radius 2 is 1.80 bits per heavy atom. The average Bonchev–Trinajstić information content (AvgIpc) is 3.79. The van der Waals surface area contributed by atoms with E-state index < -0.39 is 23.4 Å². The van der Waals surface area contributed by atoms with Crippen LogP contribution >= 0.6 is 23.2 Å². The van der Waals surface area contributed by atoms with Crippen LogP contribution in [0.5, 0.6) is 0 Å². The third kappa shape index (κ3) is 4.63. The van der Waals surface area contributed by atoms with E-state index in [0.29, 0.717) is 69.8 Å². The molecule has 0 radical (unpaired) electrons. The van der Waals surface area contributed by atoms with Crippen molar-refractivity contribution in [3.8, 4) is 11.3 Å². The molecule has 7 rings (SSSR count). The Kier molecular flexibility index (Phi) is 6.06. The summed E-state index contributed by atoms with van der Waals surface area (Å²) < 4.78 is 47.1. The molecule has 3 aromatic heterocycles. The minimum absolute atomic E-state index is 0.00321. The minimum atomic E-state index is -4.71. The molecule has 2 aliphatic carbocycles. The van der Waals surface area contributed by atoms with E-state index in [9.17, 15) is 23.1 Å². The molecule has 2 saturated carbocycles. The van der Waals surface area contributed by atoms with Gasteiger partial charge in [0.1, 0.15) is 17.1 Å². The van der Waals surface area contributed by atoms with Crippen LogP contribution < -0.4 is 4.90 Å². The van der Waals surface area contributed by atoms with E-state index in [0.717, 1.165) is 24.2 Å². The molecule has 1 N–H and O–H groups in total. The second kappa shape index (κ2) is 9.46. The van der Waals surface area contributed by atoms with Crippen molar-refractivity contribution in [2.75, 3.05) is 18.0 Å². The Labute approximate surface area is 241 Å². The number of hydrogen-bond donors (Lipinski definition) is 1. The summed E-state index contributed by atoms with van der Waals surface area (Å²) in [6.07, 6.45) is 4.60. The third-order valence-corrected chi connectivity index (χ3v) is 8.79. The number of aromatic carboxylic acids is 1. The number of piperidine rings is 1. The molecule has 41 heavy (non-hydrogen) atoms. The lowest BCUT2D eigenvalue weighted by molar-refractivity contribution is -0.136. The van der Waals surface area contributed by atoms with Gasteiger partial charge < -0.3 is 14.5 Å². The number of fused-ring (bicyclic) bond motifs is 2. The first-order valence-corrected chi connectivity index (χ1v) is 13.8. The van der Waals surface area contributed by atoms with Crippen LogP contribution in [0.25, 0.3) is 28.2 Å². The molecule has 3 fully saturated rings. The van der Waals surface area contributed by atoms with Crippen LogP contribution in [0.1, 0.15) is 46.1 Å². The van der Waals surface area contributed by atoms with Gasteiger partial charge in [-0.1, -0.05) is 40.5 Å². The zero-order valence-corrected chi connectivity index (χ0v) is 22.7. The van der Waals surface area contributed by atoms with Crippen molar-refractivity contribution in [2.45, 2.75) is 24.9 Å². The molecular formula is C29H21Cl2F3N4O3. The molecular weight excluding hydrogens is 580 g/mol. The molecule has 7 nitrogen and oxygen atoms in total. The van der Waals surface area contributed by atoms with Gasteiger partial charge in [0.05, 0.1) is 21.1 Å². The second-order valence-electron chi connectivity index (χ2n) is 10.8. The van der Waals surface area contributed by atoms with Crippen LogP contribution in [-0.2, 0) is 6.18 Å². The number of anilines is 1. The fraction of sp³-hybridized carbons (Fsp3) is 0.310. The maximum atomic E-state index is 13.8. The predicted octanol–water partition coefficient (Wildman–Crippen LogP) is 7.58. The van der Waals surface area contributed by atoms with Gasteiger partial charge in [-0.3, -0.25) is 4.98 Å². The molecule has 210 valence electrons.